The Morgan fingerprint density at radius 2 is 1.80 bits per heavy atom. The average molecular weight is 589 g/mol. The van der Waals surface area contributed by atoms with Crippen LogP contribution in [0.3, 0.4) is 0 Å². The molecule has 1 amide bonds. The first-order chi connectivity index (χ1) is 19.6. The van der Waals surface area contributed by atoms with Gasteiger partial charge in [0, 0.05) is 24.9 Å². The summed E-state index contributed by atoms with van der Waals surface area (Å²) >= 11 is 0. The van der Waals surface area contributed by atoms with Crippen LogP contribution in [0.4, 0.5) is 4.79 Å². The van der Waals surface area contributed by atoms with E-state index in [-0.39, 0.29) is 48.6 Å². The highest BCUT2D eigenvalue weighted by Crippen LogP contribution is 2.46. The maximum atomic E-state index is 13.7. The number of hydrogen-bond donors (Lipinski definition) is 2. The molecule has 7 unspecified atom stereocenters. The molecule has 1 aliphatic carbocycles. The SMILES string of the molecule is COc1ccc(S(=O)(=O)N(CC(C)C)CC(O)C(Cc2ccccc2)NC(=O)OC2C3COC4OC2CC4C3)cc1. The number of benzene rings is 2. The summed E-state index contributed by atoms with van der Waals surface area (Å²) in [7, 11) is -2.43. The Morgan fingerprint density at radius 3 is 2.49 bits per heavy atom. The molecule has 0 radical (unpaired) electrons. The fraction of sp³-hybridized carbons (Fsp3) is 0.567. The molecule has 3 bridgehead atoms. The third-order valence-corrected chi connectivity index (χ3v) is 9.95. The standard InChI is InChI=1S/C30H40N2O8S/c1-19(2)16-32(41(35,36)24-11-9-23(37-3)10-12-24)17-26(33)25(13-20-7-5-4-6-8-20)31-30(34)40-28-22-14-21-15-27(28)39-29(21)38-18-22/h4-12,19,21-22,25-29,33H,13-18H2,1-3H3,(H,31,34). The Morgan fingerprint density at radius 1 is 1.07 bits per heavy atom. The minimum Gasteiger partial charge on any atom is -0.497 e. The maximum Gasteiger partial charge on any atom is 0.407 e. The van der Waals surface area contributed by atoms with Gasteiger partial charge in [-0.05, 0) is 55.0 Å². The summed E-state index contributed by atoms with van der Waals surface area (Å²) in [5.74, 6) is 0.951. The molecule has 3 aliphatic rings. The number of aliphatic hydroxyl groups is 1. The summed E-state index contributed by atoms with van der Waals surface area (Å²) in [5.41, 5.74) is 0.886. The van der Waals surface area contributed by atoms with Crippen molar-refractivity contribution in [2.75, 3.05) is 26.8 Å². The van der Waals surface area contributed by atoms with Crippen LogP contribution in [-0.2, 0) is 30.7 Å². The monoisotopic (exact) mass is 588 g/mol. The number of carbonyl (C=O) groups excluding carboxylic acids is 1. The van der Waals surface area contributed by atoms with Crippen LogP contribution < -0.4 is 10.1 Å². The summed E-state index contributed by atoms with van der Waals surface area (Å²) < 4.78 is 51.4. The number of fused-ring (bicyclic) bond motifs is 2. The highest BCUT2D eigenvalue weighted by atomic mass is 32.2. The lowest BCUT2D eigenvalue weighted by Crippen LogP contribution is -2.53. The summed E-state index contributed by atoms with van der Waals surface area (Å²) in [6.07, 6.45) is -0.762. The molecule has 0 aromatic heterocycles. The molecule has 2 heterocycles. The van der Waals surface area contributed by atoms with Gasteiger partial charge in [0.05, 0.1) is 36.9 Å². The van der Waals surface area contributed by atoms with E-state index < -0.39 is 34.4 Å². The quantitative estimate of drug-likeness (QED) is 0.388. The molecule has 3 fully saturated rings. The van der Waals surface area contributed by atoms with Crippen LogP contribution in [0.1, 0.15) is 32.3 Å². The first-order valence-electron chi connectivity index (χ1n) is 14.2. The average Bonchev–Trinajstić information content (AvgIpc) is 3.25. The van der Waals surface area contributed by atoms with E-state index >= 15 is 0 Å². The van der Waals surface area contributed by atoms with Crippen LogP contribution in [0.15, 0.2) is 59.5 Å². The number of carbonyl (C=O) groups is 1. The van der Waals surface area contributed by atoms with E-state index in [0.29, 0.717) is 18.3 Å². The Balaban J connectivity index is 1.32. The van der Waals surface area contributed by atoms with Crippen LogP contribution in [0.2, 0.25) is 0 Å². The molecule has 224 valence electrons. The number of nitrogens with one attached hydrogen (secondary N) is 1. The predicted octanol–water partition coefficient (Wildman–Crippen LogP) is 3.19. The molecule has 1 saturated carbocycles. The molecule has 7 atom stereocenters. The summed E-state index contributed by atoms with van der Waals surface area (Å²) in [6.45, 7) is 4.30. The first-order valence-corrected chi connectivity index (χ1v) is 15.7. The lowest BCUT2D eigenvalue weighted by atomic mass is 9.78. The van der Waals surface area contributed by atoms with Gasteiger partial charge in [-0.15, -0.1) is 0 Å². The van der Waals surface area contributed by atoms with Gasteiger partial charge in [0.15, 0.2) is 6.29 Å². The third-order valence-electron chi connectivity index (χ3n) is 8.11. The molecular formula is C30H40N2O8S. The van der Waals surface area contributed by atoms with Crippen LogP contribution in [0.5, 0.6) is 5.75 Å². The van der Waals surface area contributed by atoms with Gasteiger partial charge in [-0.1, -0.05) is 44.2 Å². The second kappa shape index (κ2) is 12.7. The number of amides is 1. The Labute approximate surface area is 242 Å². The van der Waals surface area contributed by atoms with E-state index in [0.717, 1.165) is 18.4 Å². The van der Waals surface area contributed by atoms with Gasteiger partial charge in [0.2, 0.25) is 10.0 Å². The molecule has 2 N–H and O–H groups in total. The number of sulfonamides is 1. The second-order valence-corrected chi connectivity index (χ2v) is 13.6. The molecule has 5 rings (SSSR count). The Bertz CT molecular complexity index is 1270. The number of aliphatic hydroxyl groups excluding tert-OH is 1. The van der Waals surface area contributed by atoms with Crippen molar-refractivity contribution >= 4 is 16.1 Å². The molecule has 2 aromatic carbocycles. The summed E-state index contributed by atoms with van der Waals surface area (Å²) in [5, 5.41) is 14.3. The zero-order valence-corrected chi connectivity index (χ0v) is 24.5. The van der Waals surface area contributed by atoms with Crippen molar-refractivity contribution in [2.24, 2.45) is 17.8 Å². The fourth-order valence-electron chi connectivity index (χ4n) is 6.09. The van der Waals surface area contributed by atoms with Gasteiger partial charge in [-0.3, -0.25) is 0 Å². The lowest BCUT2D eigenvalue weighted by molar-refractivity contribution is -0.153. The number of nitrogens with zero attached hydrogens (tertiary/aromatic N) is 1. The highest BCUT2D eigenvalue weighted by Gasteiger charge is 2.53. The van der Waals surface area contributed by atoms with E-state index in [9.17, 15) is 18.3 Å². The predicted molar refractivity (Wildman–Crippen MR) is 151 cm³/mol. The van der Waals surface area contributed by atoms with Gasteiger partial charge in [-0.2, -0.15) is 4.31 Å². The smallest absolute Gasteiger partial charge is 0.407 e. The third kappa shape index (κ3) is 6.86. The highest BCUT2D eigenvalue weighted by molar-refractivity contribution is 7.89. The number of rotatable bonds is 12. The van der Waals surface area contributed by atoms with Gasteiger partial charge >= 0.3 is 6.09 Å². The lowest BCUT2D eigenvalue weighted by Gasteiger charge is -2.37. The van der Waals surface area contributed by atoms with E-state index in [4.69, 9.17) is 18.9 Å². The van der Waals surface area contributed by atoms with Crippen molar-refractivity contribution in [3.63, 3.8) is 0 Å². The fourth-order valence-corrected chi connectivity index (χ4v) is 7.72. The molecule has 41 heavy (non-hydrogen) atoms. The van der Waals surface area contributed by atoms with Crippen molar-refractivity contribution < 1.29 is 37.3 Å². The van der Waals surface area contributed by atoms with E-state index in [2.05, 4.69) is 5.32 Å². The zero-order chi connectivity index (χ0) is 29.1. The van der Waals surface area contributed by atoms with Gasteiger partial charge < -0.3 is 29.4 Å². The van der Waals surface area contributed by atoms with Gasteiger partial charge in [-0.25, -0.2) is 13.2 Å². The van der Waals surface area contributed by atoms with Crippen LogP contribution in [0, 0.1) is 17.8 Å². The van der Waals surface area contributed by atoms with E-state index in [1.54, 1.807) is 12.1 Å². The topological polar surface area (TPSA) is 124 Å². The molecule has 0 spiro atoms. The number of hydrogen-bond acceptors (Lipinski definition) is 8. The second-order valence-electron chi connectivity index (χ2n) is 11.6. The number of ether oxygens (including phenoxy) is 4. The molecule has 10 nitrogen and oxygen atoms in total. The van der Waals surface area contributed by atoms with Crippen LogP contribution in [0.25, 0.3) is 0 Å². The molecular weight excluding hydrogens is 548 g/mol. The van der Waals surface area contributed by atoms with E-state index in [1.807, 2.05) is 44.2 Å². The van der Waals surface area contributed by atoms with Crippen molar-refractivity contribution in [3.8, 4) is 5.75 Å². The molecule has 2 aromatic rings. The Kier molecular flexibility index (Phi) is 9.20. The normalized spacial score (nSPS) is 26.6. The van der Waals surface area contributed by atoms with Crippen molar-refractivity contribution in [2.45, 2.75) is 68.6 Å². The van der Waals surface area contributed by atoms with E-state index in [1.165, 1.54) is 23.5 Å². The zero-order valence-electron chi connectivity index (χ0n) is 23.7. The van der Waals surface area contributed by atoms with Crippen LogP contribution >= 0.6 is 0 Å². The van der Waals surface area contributed by atoms with Gasteiger partial charge in [0.25, 0.3) is 0 Å². The minimum absolute atomic E-state index is 0.000262. The van der Waals surface area contributed by atoms with Crippen molar-refractivity contribution in [1.82, 2.24) is 9.62 Å². The Hall–Kier alpha value is -2.70. The van der Waals surface area contributed by atoms with Gasteiger partial charge in [0.1, 0.15) is 11.9 Å². The largest absolute Gasteiger partial charge is 0.497 e. The maximum absolute atomic E-state index is 13.7. The molecule has 11 heteroatoms. The first kappa shape index (κ1) is 29.8. The summed E-state index contributed by atoms with van der Waals surface area (Å²) in [4.78, 5) is 13.3. The molecule has 2 aliphatic heterocycles. The van der Waals surface area contributed by atoms with Crippen molar-refractivity contribution in [3.05, 3.63) is 60.2 Å². The molecule has 2 saturated heterocycles. The summed E-state index contributed by atoms with van der Waals surface area (Å²) in [6, 6.07) is 14.8. The van der Waals surface area contributed by atoms with Crippen molar-refractivity contribution in [1.29, 1.82) is 0 Å². The van der Waals surface area contributed by atoms with Crippen LogP contribution in [-0.4, -0.2) is 81.4 Å². The number of methoxy groups -OCH3 is 1. The number of alkyl carbamates (subject to hydrolysis) is 1. The minimum atomic E-state index is -3.94.